The summed E-state index contributed by atoms with van der Waals surface area (Å²) in [5.74, 6) is 1.44. The monoisotopic (exact) mass is 780 g/mol. The summed E-state index contributed by atoms with van der Waals surface area (Å²) in [5.41, 5.74) is 14.7. The van der Waals surface area contributed by atoms with Crippen LogP contribution >= 0.6 is 0 Å². The van der Waals surface area contributed by atoms with Gasteiger partial charge >= 0.3 is 0 Å². The van der Waals surface area contributed by atoms with Crippen LogP contribution in [0.4, 0.5) is 17.3 Å². The molecule has 0 amide bonds. The van der Waals surface area contributed by atoms with Crippen molar-refractivity contribution in [3.05, 3.63) is 217 Å². The van der Waals surface area contributed by atoms with Crippen molar-refractivity contribution in [2.75, 3.05) is 4.90 Å². The molecule has 1 aliphatic carbocycles. The molecule has 61 heavy (non-hydrogen) atoms. The van der Waals surface area contributed by atoms with Gasteiger partial charge in [0.05, 0.1) is 22.2 Å². The molecule has 4 nitrogen and oxygen atoms in total. The van der Waals surface area contributed by atoms with Gasteiger partial charge in [-0.1, -0.05) is 178 Å². The molecule has 0 saturated carbocycles. The van der Waals surface area contributed by atoms with E-state index >= 15 is 0 Å². The van der Waals surface area contributed by atoms with Crippen LogP contribution < -0.4 is 4.90 Å². The summed E-state index contributed by atoms with van der Waals surface area (Å²) < 4.78 is 2.39. The molecule has 288 valence electrons. The van der Waals surface area contributed by atoms with Crippen LogP contribution in [0.3, 0.4) is 0 Å². The zero-order valence-corrected chi connectivity index (χ0v) is 33.9. The SMILES string of the molecule is CC1(C)c2ccccc2-c2c(N(c3ccc(-c4ccccc4)cc3)c3nc(-n4c5ccc(-c6ccccc6)cc5c5ccc6ccccc6c54)c4ccccc4n3)cccc21. The molecule has 2 heterocycles. The number of hydrogen-bond donors (Lipinski definition) is 0. The fourth-order valence-electron chi connectivity index (χ4n) is 9.85. The lowest BCUT2D eigenvalue weighted by Gasteiger charge is -2.28. The second-order valence-corrected chi connectivity index (χ2v) is 16.6. The maximum absolute atomic E-state index is 5.76. The molecule has 0 spiro atoms. The van der Waals surface area contributed by atoms with Crippen LogP contribution in [0, 0.1) is 0 Å². The Labute approximate surface area is 354 Å². The Hall–Kier alpha value is -7.82. The first-order chi connectivity index (χ1) is 30.0. The highest BCUT2D eigenvalue weighted by molar-refractivity contribution is 6.19. The standard InChI is InChI=1S/C57H40N4/c1-57(2)48-24-13-11-22-45(48)53-49(57)25-15-27-52(53)60(42-32-28-39(29-33-42)37-16-5-3-6-17-37)56-58-50-26-14-12-23-46(50)55(59-56)61-51-35-31-41(38-18-7-4-8-19-38)36-47(51)44-34-30-40-20-9-10-21-43(40)54(44)61/h3-36H,1-2H3. The molecule has 0 unspecified atom stereocenters. The lowest BCUT2D eigenvalue weighted by molar-refractivity contribution is 0.660. The van der Waals surface area contributed by atoms with E-state index in [-0.39, 0.29) is 5.41 Å². The summed E-state index contributed by atoms with van der Waals surface area (Å²) in [5, 5.41) is 5.70. The maximum atomic E-state index is 5.76. The smallest absolute Gasteiger partial charge is 0.237 e. The van der Waals surface area contributed by atoms with Crippen LogP contribution in [-0.2, 0) is 5.41 Å². The number of para-hydroxylation sites is 1. The minimum absolute atomic E-state index is 0.178. The number of rotatable bonds is 6. The predicted molar refractivity (Wildman–Crippen MR) is 255 cm³/mol. The van der Waals surface area contributed by atoms with Crippen LogP contribution in [-0.4, -0.2) is 14.5 Å². The summed E-state index contributed by atoms with van der Waals surface area (Å²) in [4.78, 5) is 13.5. The Morgan fingerprint density at radius 2 is 1.10 bits per heavy atom. The zero-order valence-electron chi connectivity index (χ0n) is 33.9. The van der Waals surface area contributed by atoms with Gasteiger partial charge < -0.3 is 0 Å². The van der Waals surface area contributed by atoms with Crippen LogP contribution in [0.5, 0.6) is 0 Å². The first-order valence-electron chi connectivity index (χ1n) is 21.0. The molecule has 4 heteroatoms. The van der Waals surface area contributed by atoms with Crippen LogP contribution in [0.1, 0.15) is 25.0 Å². The lowest BCUT2D eigenvalue weighted by Crippen LogP contribution is -2.17. The molecule has 0 N–H and O–H groups in total. The summed E-state index contributed by atoms with van der Waals surface area (Å²) in [6.45, 7) is 4.67. The van der Waals surface area contributed by atoms with E-state index in [2.05, 4.69) is 230 Å². The Kier molecular flexibility index (Phi) is 7.85. The first-order valence-corrected chi connectivity index (χ1v) is 21.0. The van der Waals surface area contributed by atoms with Crippen molar-refractivity contribution >= 4 is 60.8 Å². The van der Waals surface area contributed by atoms with E-state index in [1.54, 1.807) is 0 Å². The Morgan fingerprint density at radius 1 is 0.459 bits per heavy atom. The Morgan fingerprint density at radius 3 is 1.90 bits per heavy atom. The number of hydrogen-bond acceptors (Lipinski definition) is 3. The fourth-order valence-corrected chi connectivity index (χ4v) is 9.85. The quantitative estimate of drug-likeness (QED) is 0.169. The average Bonchev–Trinajstić information content (AvgIpc) is 3.78. The van der Waals surface area contributed by atoms with Gasteiger partial charge in [-0.15, -0.1) is 0 Å². The number of benzene rings is 9. The molecular formula is C57H40N4. The second-order valence-electron chi connectivity index (χ2n) is 16.6. The summed E-state index contributed by atoms with van der Waals surface area (Å²) in [7, 11) is 0. The van der Waals surface area contributed by atoms with Crippen molar-refractivity contribution < 1.29 is 0 Å². The minimum Gasteiger partial charge on any atom is -0.292 e. The van der Waals surface area contributed by atoms with Crippen molar-refractivity contribution in [3.8, 4) is 39.2 Å². The van der Waals surface area contributed by atoms with Gasteiger partial charge in [0, 0.05) is 38.2 Å². The average molecular weight is 781 g/mol. The van der Waals surface area contributed by atoms with Gasteiger partial charge in [-0.3, -0.25) is 9.47 Å². The van der Waals surface area contributed by atoms with E-state index in [0.29, 0.717) is 5.95 Å². The highest BCUT2D eigenvalue weighted by Crippen LogP contribution is 2.54. The largest absolute Gasteiger partial charge is 0.292 e. The van der Waals surface area contributed by atoms with Crippen molar-refractivity contribution in [1.82, 2.24) is 14.5 Å². The molecule has 12 rings (SSSR count). The first kappa shape index (κ1) is 35.2. The fraction of sp³-hybridized carbons (Fsp3) is 0.0526. The molecule has 2 aromatic heterocycles. The van der Waals surface area contributed by atoms with Crippen molar-refractivity contribution in [2.24, 2.45) is 0 Å². The molecule has 0 atom stereocenters. The van der Waals surface area contributed by atoms with Crippen molar-refractivity contribution in [3.63, 3.8) is 0 Å². The molecule has 1 aliphatic rings. The van der Waals surface area contributed by atoms with E-state index in [4.69, 9.17) is 9.97 Å². The molecule has 0 bridgehead atoms. The second kappa shape index (κ2) is 13.6. The zero-order chi connectivity index (χ0) is 40.7. The van der Waals surface area contributed by atoms with E-state index in [1.165, 1.54) is 60.5 Å². The van der Waals surface area contributed by atoms with Crippen LogP contribution in [0.2, 0.25) is 0 Å². The maximum Gasteiger partial charge on any atom is 0.237 e. The number of fused-ring (bicyclic) bond motifs is 9. The van der Waals surface area contributed by atoms with Gasteiger partial charge in [0.15, 0.2) is 5.82 Å². The summed E-state index contributed by atoms with van der Waals surface area (Å²) >= 11 is 0. The Balaban J connectivity index is 1.16. The molecular weight excluding hydrogens is 741 g/mol. The Bertz CT molecular complexity index is 3490. The molecule has 0 fully saturated rings. The predicted octanol–water partition coefficient (Wildman–Crippen LogP) is 15.0. The normalized spacial score (nSPS) is 12.9. The van der Waals surface area contributed by atoms with Gasteiger partial charge in [0.1, 0.15) is 0 Å². The van der Waals surface area contributed by atoms with Crippen LogP contribution in [0.25, 0.3) is 82.7 Å². The van der Waals surface area contributed by atoms with Gasteiger partial charge in [-0.2, -0.15) is 4.98 Å². The molecule has 11 aromatic rings. The van der Waals surface area contributed by atoms with E-state index in [0.717, 1.165) is 44.7 Å². The summed E-state index contributed by atoms with van der Waals surface area (Å²) in [6.07, 6.45) is 0. The van der Waals surface area contributed by atoms with E-state index in [1.807, 2.05) is 0 Å². The third-order valence-corrected chi connectivity index (χ3v) is 12.8. The topological polar surface area (TPSA) is 34.0 Å². The van der Waals surface area contributed by atoms with Crippen LogP contribution in [0.15, 0.2) is 206 Å². The summed E-state index contributed by atoms with van der Waals surface area (Å²) in [6, 6.07) is 74.1. The number of aromatic nitrogens is 3. The van der Waals surface area contributed by atoms with Gasteiger partial charge in [0.25, 0.3) is 0 Å². The third-order valence-electron chi connectivity index (χ3n) is 12.8. The minimum atomic E-state index is -0.178. The van der Waals surface area contributed by atoms with Crippen molar-refractivity contribution in [2.45, 2.75) is 19.3 Å². The number of nitrogens with zero attached hydrogens (tertiary/aromatic N) is 4. The van der Waals surface area contributed by atoms with Gasteiger partial charge in [-0.05, 0) is 86.8 Å². The van der Waals surface area contributed by atoms with E-state index in [9.17, 15) is 0 Å². The van der Waals surface area contributed by atoms with Crippen molar-refractivity contribution in [1.29, 1.82) is 0 Å². The highest BCUT2D eigenvalue weighted by Gasteiger charge is 2.38. The van der Waals surface area contributed by atoms with E-state index < -0.39 is 0 Å². The molecule has 0 saturated heterocycles. The molecule has 0 aliphatic heterocycles. The van der Waals surface area contributed by atoms with Gasteiger partial charge in [-0.25, -0.2) is 4.98 Å². The molecule has 9 aromatic carbocycles. The lowest BCUT2D eigenvalue weighted by atomic mass is 9.82. The van der Waals surface area contributed by atoms with Gasteiger partial charge in [0.2, 0.25) is 5.95 Å². The third kappa shape index (κ3) is 5.46. The number of anilines is 3. The highest BCUT2D eigenvalue weighted by atomic mass is 15.3. The molecule has 0 radical (unpaired) electrons.